The van der Waals surface area contributed by atoms with Gasteiger partial charge in [-0.25, -0.2) is 0 Å². The summed E-state index contributed by atoms with van der Waals surface area (Å²) in [6.07, 6.45) is 6.21. The van der Waals surface area contributed by atoms with E-state index in [-0.39, 0.29) is 17.2 Å². The molecule has 0 bridgehead atoms. The number of rotatable bonds is 16. The number of methoxy groups -OCH3 is 1. The van der Waals surface area contributed by atoms with Crippen molar-refractivity contribution in [1.82, 2.24) is 14.7 Å². The van der Waals surface area contributed by atoms with Crippen LogP contribution < -0.4 is 4.74 Å². The van der Waals surface area contributed by atoms with Gasteiger partial charge in [0.25, 0.3) is 0 Å². The fraction of sp³-hybridized carbons (Fsp3) is 0.446. The minimum Gasteiger partial charge on any atom is -0.508 e. The molecule has 6 aromatic carbocycles. The highest BCUT2D eigenvalue weighted by Crippen LogP contribution is 2.48. The van der Waals surface area contributed by atoms with Gasteiger partial charge in [0.05, 0.1) is 25.4 Å². The number of ether oxygens (including phenoxy) is 1. The average Bonchev–Trinajstić information content (AvgIpc) is 4.30. The molecule has 6 aliphatic rings. The molecule has 0 radical (unpaired) electrons. The second kappa shape index (κ2) is 26.7. The molecule has 12 rings (SSSR count). The lowest BCUT2D eigenvalue weighted by molar-refractivity contribution is 0.121. The van der Waals surface area contributed by atoms with Gasteiger partial charge in [-0.05, 0) is 183 Å². The molecule has 3 heterocycles. The number of aliphatic hydroxyl groups excluding tert-OH is 3. The Morgan fingerprint density at radius 1 is 0.397 bits per heavy atom. The number of β-amino-alcohol motifs (C(OH)–C–C–N with tert-alkyl or cyclic N) is 3. The van der Waals surface area contributed by atoms with Crippen LogP contribution in [0.15, 0.2) is 166 Å². The third-order valence-electron chi connectivity index (χ3n) is 17.2. The van der Waals surface area contributed by atoms with Gasteiger partial charge in [0, 0.05) is 89.3 Å². The number of phenolic OH excluding ortho intramolecular Hbond substituents is 3. The number of phenols is 3. The number of aliphatic hydroxyl groups is 3. The first kappa shape index (κ1) is 56.6. The number of likely N-dealkylation sites (tertiary alicyclic amines) is 3. The third kappa shape index (κ3) is 15.4. The molecular weight excluding hydrogens is 1030 g/mol. The molecule has 13 heteroatoms. The van der Waals surface area contributed by atoms with Crippen LogP contribution in [0.1, 0.15) is 79.1 Å². The Hall–Kier alpha value is -4.67. The van der Waals surface area contributed by atoms with Crippen LogP contribution >= 0.6 is 35.3 Å². The van der Waals surface area contributed by atoms with Gasteiger partial charge in [0.1, 0.15) is 23.0 Å². The van der Waals surface area contributed by atoms with Crippen molar-refractivity contribution in [2.45, 2.75) is 94.2 Å². The first-order valence-electron chi connectivity index (χ1n) is 28.2. The third-order valence-corrected chi connectivity index (χ3v) is 21.0. The molecule has 6 aromatic rings. The maximum absolute atomic E-state index is 10.5. The molecule has 3 aliphatic carbocycles. The Morgan fingerprint density at radius 2 is 0.679 bits per heavy atom. The predicted octanol–water partition coefficient (Wildman–Crippen LogP) is 12.1. The number of aromatic hydroxyl groups is 3. The summed E-state index contributed by atoms with van der Waals surface area (Å²) in [4.78, 5) is 11.3. The van der Waals surface area contributed by atoms with Crippen LogP contribution in [0.2, 0.25) is 0 Å². The second-order valence-electron chi connectivity index (χ2n) is 23.0. The summed E-state index contributed by atoms with van der Waals surface area (Å²) >= 11 is 6.06. The summed E-state index contributed by atoms with van der Waals surface area (Å²) in [7, 11) is 1.70. The molecule has 0 spiro atoms. The number of benzene rings is 6. The molecule has 6 N–H and O–H groups in total. The highest BCUT2D eigenvalue weighted by Gasteiger charge is 2.44. The molecule has 0 aromatic heterocycles. The fourth-order valence-corrected chi connectivity index (χ4v) is 17.4. The van der Waals surface area contributed by atoms with Crippen molar-refractivity contribution < 1.29 is 35.4 Å². The first-order chi connectivity index (χ1) is 37.8. The van der Waals surface area contributed by atoms with Gasteiger partial charge in [-0.2, -0.15) is 0 Å². The standard InChI is InChI=1S/C22H27NO3S.C22H27NO2S.C21H25NO2S/c1-26-19-6-8-20(9-7-19)27-21-10-16-12-23(13-17(16)11-21)14-22(25)15-2-4-18(24)5-3-15;1-15-2-8-20(9-3-15)26-21-10-17-12-23(13-18(17)11-21)14-22(25)16-4-6-19(24)7-5-16;23-18-8-6-15(7-9-18)21(24)14-22-12-16-10-20(11-17(16)13-22)25-19-4-2-1-3-5-19/h2-9,16-17,21-22,24-25H,10-14H2,1H3;2-9,17-18,21-22,24-25H,10-14H2,1H3;1-9,16-17,20-21,23-24H,10-14H2/t16-,17+,21?,22?;17-,18+,21?,22?;16-,17+,20?,21?. The van der Waals surface area contributed by atoms with Crippen molar-refractivity contribution in [3.63, 3.8) is 0 Å². The van der Waals surface area contributed by atoms with E-state index in [4.69, 9.17) is 4.74 Å². The minimum absolute atomic E-state index is 0.238. The highest BCUT2D eigenvalue weighted by molar-refractivity contribution is 8.00. The Morgan fingerprint density at radius 3 is 0.974 bits per heavy atom. The van der Waals surface area contributed by atoms with Crippen LogP contribution in [0.5, 0.6) is 23.0 Å². The lowest BCUT2D eigenvalue weighted by atomic mass is 10.0. The zero-order valence-corrected chi connectivity index (χ0v) is 47.6. The summed E-state index contributed by atoms with van der Waals surface area (Å²) in [6, 6.07) is 48.7. The number of nitrogens with zero attached hydrogens (tertiary/aromatic N) is 3. The summed E-state index contributed by atoms with van der Waals surface area (Å²) in [5.74, 6) is 6.20. The van der Waals surface area contributed by atoms with Crippen molar-refractivity contribution in [3.05, 3.63) is 174 Å². The Bertz CT molecular complexity index is 2740. The van der Waals surface area contributed by atoms with E-state index in [2.05, 4.69) is 88.4 Å². The van der Waals surface area contributed by atoms with Crippen LogP contribution in [0.4, 0.5) is 0 Å². The summed E-state index contributed by atoms with van der Waals surface area (Å²) < 4.78 is 5.23. The SMILES string of the molecule is COc1ccc(SC2C[C@@H]3CN(CC(O)c4ccc(O)cc4)C[C@@H]3C2)cc1.Cc1ccc(SC2C[C@@H]3CN(CC(O)c4ccc(O)cc4)C[C@@H]3C2)cc1.Oc1ccc(C(O)CN2C[C@H]3CC(Sc4ccccc4)C[C@H]3C2)cc1. The summed E-state index contributed by atoms with van der Waals surface area (Å²) in [6.45, 7) is 10.8. The first-order valence-corrected chi connectivity index (χ1v) is 30.8. The minimum atomic E-state index is -0.492. The number of hydrogen-bond donors (Lipinski definition) is 6. The van der Waals surface area contributed by atoms with Crippen LogP contribution in [0.25, 0.3) is 0 Å². The lowest BCUT2D eigenvalue weighted by Crippen LogP contribution is -2.28. The van der Waals surface area contributed by atoms with Crippen molar-refractivity contribution in [1.29, 1.82) is 0 Å². The topological polar surface area (TPSA) is 140 Å². The van der Waals surface area contributed by atoms with Crippen LogP contribution in [-0.2, 0) is 0 Å². The number of aryl methyl sites for hydroxylation is 1. The van der Waals surface area contributed by atoms with Crippen LogP contribution in [0, 0.1) is 42.4 Å². The van der Waals surface area contributed by atoms with Gasteiger partial charge < -0.3 is 35.4 Å². The number of thioether (sulfide) groups is 3. The van der Waals surface area contributed by atoms with Gasteiger partial charge in [0.2, 0.25) is 0 Å². The van der Waals surface area contributed by atoms with E-state index in [1.807, 2.05) is 71.7 Å². The maximum atomic E-state index is 10.5. The number of fused-ring (bicyclic) bond motifs is 3. The highest BCUT2D eigenvalue weighted by atomic mass is 32.2. The van der Waals surface area contributed by atoms with E-state index in [0.29, 0.717) is 24.9 Å². The van der Waals surface area contributed by atoms with Crippen molar-refractivity contribution in [2.24, 2.45) is 35.5 Å². The zero-order valence-electron chi connectivity index (χ0n) is 45.1. The molecule has 3 aliphatic heterocycles. The molecule has 6 unspecified atom stereocenters. The van der Waals surface area contributed by atoms with Crippen LogP contribution in [-0.4, -0.2) is 127 Å². The molecular formula is C65H79N3O7S3. The van der Waals surface area contributed by atoms with E-state index in [0.717, 1.165) is 108 Å². The lowest BCUT2D eigenvalue weighted by Gasteiger charge is -2.22. The monoisotopic (exact) mass is 1110 g/mol. The van der Waals surface area contributed by atoms with E-state index < -0.39 is 18.3 Å². The average molecular weight is 1110 g/mol. The molecule has 6 fully saturated rings. The molecule has 414 valence electrons. The van der Waals surface area contributed by atoms with E-state index in [9.17, 15) is 30.6 Å². The summed E-state index contributed by atoms with van der Waals surface area (Å²) in [5.41, 5.74) is 3.96. The van der Waals surface area contributed by atoms with Crippen molar-refractivity contribution in [3.8, 4) is 23.0 Å². The second-order valence-corrected chi connectivity index (χ2v) is 27.1. The van der Waals surface area contributed by atoms with Gasteiger partial charge in [-0.15, -0.1) is 35.3 Å². The zero-order chi connectivity index (χ0) is 54.1. The molecule has 10 nitrogen and oxygen atoms in total. The Labute approximate surface area is 475 Å². The molecule has 3 saturated heterocycles. The molecule has 3 saturated carbocycles. The Kier molecular flexibility index (Phi) is 19.4. The molecule has 12 atom stereocenters. The predicted molar refractivity (Wildman–Crippen MR) is 317 cm³/mol. The van der Waals surface area contributed by atoms with Crippen LogP contribution in [0.3, 0.4) is 0 Å². The van der Waals surface area contributed by atoms with E-state index in [1.54, 1.807) is 55.6 Å². The van der Waals surface area contributed by atoms with Crippen molar-refractivity contribution >= 4 is 35.3 Å². The fourth-order valence-electron chi connectivity index (χ4n) is 13.2. The van der Waals surface area contributed by atoms with Gasteiger partial charge in [0.15, 0.2) is 0 Å². The van der Waals surface area contributed by atoms with E-state index in [1.165, 1.54) is 58.8 Å². The quantitative estimate of drug-likeness (QED) is 0.0548. The Balaban J connectivity index is 0.000000132. The van der Waals surface area contributed by atoms with E-state index >= 15 is 0 Å². The van der Waals surface area contributed by atoms with Gasteiger partial charge in [-0.3, -0.25) is 14.7 Å². The number of hydrogen-bond acceptors (Lipinski definition) is 13. The molecule has 0 amide bonds. The largest absolute Gasteiger partial charge is 0.508 e. The molecule has 78 heavy (non-hydrogen) atoms. The van der Waals surface area contributed by atoms with Gasteiger partial charge in [-0.1, -0.05) is 72.3 Å². The smallest absolute Gasteiger partial charge is 0.118 e. The van der Waals surface area contributed by atoms with Crippen molar-refractivity contribution in [2.75, 3.05) is 66.0 Å². The normalized spacial score (nSPS) is 26.7. The summed E-state index contributed by atoms with van der Waals surface area (Å²) in [5, 5.41) is 61.7. The maximum Gasteiger partial charge on any atom is 0.118 e. The van der Waals surface area contributed by atoms with Gasteiger partial charge >= 0.3 is 0 Å².